The van der Waals surface area contributed by atoms with Gasteiger partial charge in [-0.3, -0.25) is 30.0 Å². The normalized spacial score (nSPS) is 16.3. The predicted octanol–water partition coefficient (Wildman–Crippen LogP) is 1.97. The van der Waals surface area contributed by atoms with Crippen molar-refractivity contribution in [1.29, 1.82) is 0 Å². The van der Waals surface area contributed by atoms with Crippen molar-refractivity contribution < 1.29 is 13.9 Å². The van der Waals surface area contributed by atoms with Crippen LogP contribution in [-0.4, -0.2) is 39.9 Å². The summed E-state index contributed by atoms with van der Waals surface area (Å²) in [7, 11) is 4.66. The van der Waals surface area contributed by atoms with Gasteiger partial charge in [0.1, 0.15) is 11.4 Å². The van der Waals surface area contributed by atoms with Crippen LogP contribution in [-0.2, 0) is 7.05 Å². The SMILES string of the molecule is COc1cc2ncc3c(c2cc1C1CCNN1)n(-c1c(F)cncc1OC)c(=O)n3C. The maximum atomic E-state index is 14.9. The molecular formula is C21H21FN6O3. The molecule has 0 spiro atoms. The van der Waals surface area contributed by atoms with Crippen LogP contribution in [0.3, 0.4) is 0 Å². The average molecular weight is 424 g/mol. The van der Waals surface area contributed by atoms with E-state index in [1.165, 1.54) is 22.4 Å². The highest BCUT2D eigenvalue weighted by atomic mass is 19.1. The number of nitrogens with zero attached hydrogens (tertiary/aromatic N) is 4. The molecule has 1 fully saturated rings. The quantitative estimate of drug-likeness (QED) is 0.517. The number of hydrazine groups is 1. The molecule has 2 N–H and O–H groups in total. The van der Waals surface area contributed by atoms with Gasteiger partial charge in [0, 0.05) is 30.6 Å². The van der Waals surface area contributed by atoms with Crippen molar-refractivity contribution in [3.63, 3.8) is 0 Å². The second kappa shape index (κ2) is 7.33. The lowest BCUT2D eigenvalue weighted by Crippen LogP contribution is -2.25. The summed E-state index contributed by atoms with van der Waals surface area (Å²) < 4.78 is 28.6. The van der Waals surface area contributed by atoms with E-state index in [1.54, 1.807) is 20.4 Å². The molecule has 1 aromatic carbocycles. The highest BCUT2D eigenvalue weighted by Crippen LogP contribution is 2.36. The van der Waals surface area contributed by atoms with Gasteiger partial charge >= 0.3 is 5.69 Å². The molecule has 3 aromatic heterocycles. The monoisotopic (exact) mass is 424 g/mol. The van der Waals surface area contributed by atoms with Gasteiger partial charge in [0.05, 0.1) is 55.4 Å². The first-order chi connectivity index (χ1) is 15.0. The van der Waals surface area contributed by atoms with Crippen LogP contribution in [0, 0.1) is 5.82 Å². The van der Waals surface area contributed by atoms with Gasteiger partial charge in [-0.15, -0.1) is 0 Å². The first kappa shape index (κ1) is 19.5. The first-order valence-corrected chi connectivity index (χ1v) is 9.79. The van der Waals surface area contributed by atoms with Gasteiger partial charge in [-0.1, -0.05) is 0 Å². The number of aryl methyl sites for hydroxylation is 1. The second-order valence-electron chi connectivity index (χ2n) is 7.36. The predicted molar refractivity (Wildman–Crippen MR) is 113 cm³/mol. The lowest BCUT2D eigenvalue weighted by atomic mass is 10.0. The highest BCUT2D eigenvalue weighted by molar-refractivity contribution is 6.04. The third-order valence-electron chi connectivity index (χ3n) is 5.73. The number of imidazole rings is 1. The van der Waals surface area contributed by atoms with Crippen molar-refractivity contribution in [3.05, 3.63) is 52.6 Å². The smallest absolute Gasteiger partial charge is 0.333 e. The van der Waals surface area contributed by atoms with E-state index in [-0.39, 0.29) is 17.5 Å². The summed E-state index contributed by atoms with van der Waals surface area (Å²) in [4.78, 5) is 21.6. The molecule has 0 aliphatic carbocycles. The first-order valence-electron chi connectivity index (χ1n) is 9.79. The Hall–Kier alpha value is -3.50. The van der Waals surface area contributed by atoms with E-state index in [0.29, 0.717) is 27.7 Å². The molecule has 1 atom stereocenters. The maximum absolute atomic E-state index is 14.9. The van der Waals surface area contributed by atoms with E-state index in [9.17, 15) is 9.18 Å². The van der Waals surface area contributed by atoms with Gasteiger partial charge in [0.2, 0.25) is 0 Å². The van der Waals surface area contributed by atoms with Gasteiger partial charge in [-0.25, -0.2) is 9.18 Å². The molecule has 4 heterocycles. The third kappa shape index (κ3) is 2.87. The standard InChI is InChI=1S/C21H21FN6O3/c1-27-16-9-24-15-7-17(30-2)11(14-4-5-25-26-14)6-12(15)19(16)28(21(27)29)20-13(22)8-23-10-18(20)31-3/h6-10,14,25-26H,4-5H2,1-3H3. The number of halogens is 1. The van der Waals surface area contributed by atoms with Gasteiger partial charge in [0.15, 0.2) is 11.6 Å². The minimum atomic E-state index is -0.658. The molecule has 1 saturated heterocycles. The number of hydrogen-bond acceptors (Lipinski definition) is 7. The maximum Gasteiger partial charge on any atom is 0.333 e. The van der Waals surface area contributed by atoms with E-state index in [2.05, 4.69) is 20.8 Å². The van der Waals surface area contributed by atoms with Crippen LogP contribution in [0.25, 0.3) is 27.6 Å². The van der Waals surface area contributed by atoms with Crippen molar-refractivity contribution in [3.8, 4) is 17.2 Å². The lowest BCUT2D eigenvalue weighted by molar-refractivity contribution is 0.402. The number of rotatable bonds is 4. The molecule has 4 aromatic rings. The van der Waals surface area contributed by atoms with Gasteiger partial charge in [0.25, 0.3) is 0 Å². The number of aromatic nitrogens is 4. The second-order valence-corrected chi connectivity index (χ2v) is 7.36. The number of ether oxygens (including phenoxy) is 2. The molecule has 0 bridgehead atoms. The van der Waals surface area contributed by atoms with Crippen molar-refractivity contribution >= 4 is 21.9 Å². The zero-order chi connectivity index (χ0) is 21.7. The Bertz CT molecular complexity index is 1370. The highest BCUT2D eigenvalue weighted by Gasteiger charge is 2.25. The van der Waals surface area contributed by atoms with E-state index in [1.807, 2.05) is 12.1 Å². The van der Waals surface area contributed by atoms with Crippen LogP contribution in [0.2, 0.25) is 0 Å². The summed E-state index contributed by atoms with van der Waals surface area (Å²) >= 11 is 0. The Balaban J connectivity index is 1.92. The number of methoxy groups -OCH3 is 2. The molecule has 5 rings (SSSR count). The largest absolute Gasteiger partial charge is 0.496 e. The summed E-state index contributed by atoms with van der Waals surface area (Å²) in [5, 5.41) is 0.706. The van der Waals surface area contributed by atoms with Crippen LogP contribution in [0.1, 0.15) is 18.0 Å². The number of fused-ring (bicyclic) bond motifs is 3. The van der Waals surface area contributed by atoms with Crippen molar-refractivity contribution in [1.82, 2.24) is 30.0 Å². The topological polar surface area (TPSA) is 95.2 Å². The zero-order valence-corrected chi connectivity index (χ0v) is 17.3. The Labute approximate surface area is 176 Å². The minimum absolute atomic E-state index is 0.0126. The van der Waals surface area contributed by atoms with E-state index in [0.717, 1.165) is 24.7 Å². The Kier molecular flexibility index (Phi) is 4.60. The van der Waals surface area contributed by atoms with Crippen LogP contribution in [0.4, 0.5) is 4.39 Å². The lowest BCUT2D eigenvalue weighted by Gasteiger charge is -2.16. The molecule has 160 valence electrons. The Morgan fingerprint density at radius 1 is 1.16 bits per heavy atom. The van der Waals surface area contributed by atoms with Crippen LogP contribution < -0.4 is 26.0 Å². The summed E-state index contributed by atoms with van der Waals surface area (Å²) in [6.07, 6.45) is 4.93. The minimum Gasteiger partial charge on any atom is -0.496 e. The zero-order valence-electron chi connectivity index (χ0n) is 17.3. The molecule has 31 heavy (non-hydrogen) atoms. The fraction of sp³-hybridized carbons (Fsp3) is 0.286. The fourth-order valence-electron chi connectivity index (χ4n) is 4.19. The number of benzene rings is 1. The van der Waals surface area contributed by atoms with E-state index >= 15 is 0 Å². The summed E-state index contributed by atoms with van der Waals surface area (Å²) in [5.41, 5.74) is 8.64. The molecule has 0 amide bonds. The average Bonchev–Trinajstić information content (AvgIpc) is 3.40. The molecule has 1 aliphatic heterocycles. The summed E-state index contributed by atoms with van der Waals surface area (Å²) in [6.45, 7) is 0.823. The molecule has 0 radical (unpaired) electrons. The summed E-state index contributed by atoms with van der Waals surface area (Å²) in [6, 6.07) is 3.83. The van der Waals surface area contributed by atoms with Gasteiger partial charge < -0.3 is 9.47 Å². The molecule has 10 heteroatoms. The van der Waals surface area contributed by atoms with Crippen LogP contribution in [0.15, 0.2) is 35.5 Å². The molecular weight excluding hydrogens is 403 g/mol. The van der Waals surface area contributed by atoms with Crippen LogP contribution >= 0.6 is 0 Å². The summed E-state index contributed by atoms with van der Waals surface area (Å²) in [5.74, 6) is 0.197. The molecule has 9 nitrogen and oxygen atoms in total. The van der Waals surface area contributed by atoms with E-state index < -0.39 is 11.5 Å². The fourth-order valence-corrected chi connectivity index (χ4v) is 4.19. The Morgan fingerprint density at radius 2 is 1.97 bits per heavy atom. The number of pyridine rings is 2. The van der Waals surface area contributed by atoms with E-state index in [4.69, 9.17) is 9.47 Å². The van der Waals surface area contributed by atoms with Crippen LogP contribution in [0.5, 0.6) is 11.5 Å². The van der Waals surface area contributed by atoms with Gasteiger partial charge in [-0.2, -0.15) is 0 Å². The molecule has 1 unspecified atom stereocenters. The van der Waals surface area contributed by atoms with Crippen molar-refractivity contribution in [2.24, 2.45) is 7.05 Å². The molecule has 0 saturated carbocycles. The molecule has 1 aliphatic rings. The number of hydrogen-bond donors (Lipinski definition) is 2. The van der Waals surface area contributed by atoms with Crippen molar-refractivity contribution in [2.75, 3.05) is 20.8 Å². The third-order valence-corrected chi connectivity index (χ3v) is 5.73. The van der Waals surface area contributed by atoms with Crippen molar-refractivity contribution in [2.45, 2.75) is 12.5 Å². The van der Waals surface area contributed by atoms with Gasteiger partial charge in [-0.05, 0) is 12.5 Å². The number of nitrogens with one attached hydrogen (secondary N) is 2. The Morgan fingerprint density at radius 3 is 2.68 bits per heavy atom.